The molecule has 12 nitrogen and oxygen atoms in total. The maximum absolute atomic E-state index is 11.5. The van der Waals surface area contributed by atoms with Crippen LogP contribution in [0.1, 0.15) is 51.1 Å². The predicted molar refractivity (Wildman–Crippen MR) is 184 cm³/mol. The van der Waals surface area contributed by atoms with E-state index >= 15 is 0 Å². The van der Waals surface area contributed by atoms with E-state index in [4.69, 9.17) is 26.1 Å². The topological polar surface area (TPSA) is 163 Å². The van der Waals surface area contributed by atoms with Crippen LogP contribution in [0.2, 0.25) is 5.02 Å². The number of anilines is 3. The average molecular weight is 683 g/mol. The molecule has 0 radical (unpaired) electrons. The van der Waals surface area contributed by atoms with Gasteiger partial charge >= 0.3 is 0 Å². The van der Waals surface area contributed by atoms with Crippen LogP contribution in [0.4, 0.5) is 17.5 Å². The largest absolute Gasteiger partial charge is 0.381 e. The number of pyridine rings is 3. The Morgan fingerprint density at radius 3 is 2.53 bits per heavy atom. The second-order valence-corrected chi connectivity index (χ2v) is 14.6. The smallest absolute Gasteiger partial charge is 0.230 e. The maximum Gasteiger partial charge on any atom is 0.230 e. The van der Waals surface area contributed by atoms with E-state index in [1.54, 1.807) is 18.3 Å². The molecular weight excluding hydrogens is 640 g/mol. The molecule has 1 atom stereocenters. The Morgan fingerprint density at radius 1 is 1.06 bits per heavy atom. The lowest BCUT2D eigenvalue weighted by Crippen LogP contribution is -2.43. The standard InChI is InChI=1S/C33H43ClN8O4S/c1-23(19-46-20-26-5-3-8-31(40-26)42-47(2,43)44)38-24-9-11-25(12-10-24)39-32-17-27(28(34)18-36-32)29-6-4-7-30(41-29)37-22-33(21-35)13-15-45-16-14-33/h3-8,17-18,23-25,38H,9-16,19-20,22H2,1-2H3,(H,36,39)(H,37,41)(H,40,42). The van der Waals surface area contributed by atoms with Gasteiger partial charge in [-0.3, -0.25) is 4.72 Å². The van der Waals surface area contributed by atoms with Crippen LogP contribution in [0.3, 0.4) is 0 Å². The van der Waals surface area contributed by atoms with Gasteiger partial charge < -0.3 is 25.4 Å². The lowest BCUT2D eigenvalue weighted by atomic mass is 9.82. The van der Waals surface area contributed by atoms with Gasteiger partial charge in [-0.15, -0.1) is 0 Å². The van der Waals surface area contributed by atoms with Crippen molar-refractivity contribution in [1.29, 1.82) is 5.26 Å². The molecule has 1 saturated carbocycles. The molecule has 2 aliphatic rings. The molecule has 1 aliphatic heterocycles. The van der Waals surface area contributed by atoms with Crippen LogP contribution in [-0.2, 0) is 26.1 Å². The normalized spacial score (nSPS) is 20.1. The number of rotatable bonds is 14. The number of nitrogens with zero attached hydrogens (tertiary/aromatic N) is 4. The highest BCUT2D eigenvalue weighted by Gasteiger charge is 2.32. The van der Waals surface area contributed by atoms with E-state index in [0.717, 1.165) is 49.0 Å². The van der Waals surface area contributed by atoms with Crippen LogP contribution in [0.25, 0.3) is 11.3 Å². The van der Waals surface area contributed by atoms with Gasteiger partial charge in [0.05, 0.1) is 47.4 Å². The van der Waals surface area contributed by atoms with E-state index in [2.05, 4.69) is 43.6 Å². The van der Waals surface area contributed by atoms with Crippen LogP contribution in [0, 0.1) is 16.7 Å². The Labute approximate surface area is 282 Å². The summed E-state index contributed by atoms with van der Waals surface area (Å²) in [6.07, 6.45) is 8.21. The summed E-state index contributed by atoms with van der Waals surface area (Å²) in [6, 6.07) is 16.2. The third kappa shape index (κ3) is 10.5. The summed E-state index contributed by atoms with van der Waals surface area (Å²) in [5, 5.41) is 20.9. The summed E-state index contributed by atoms with van der Waals surface area (Å²) in [4.78, 5) is 13.6. The van der Waals surface area contributed by atoms with Gasteiger partial charge in [-0.25, -0.2) is 23.4 Å². The van der Waals surface area contributed by atoms with Crippen molar-refractivity contribution in [3.8, 4) is 17.3 Å². The van der Waals surface area contributed by atoms with Gasteiger partial charge in [0.1, 0.15) is 17.5 Å². The highest BCUT2D eigenvalue weighted by Crippen LogP contribution is 2.32. The van der Waals surface area contributed by atoms with Crippen molar-refractivity contribution in [2.45, 2.75) is 70.2 Å². The average Bonchev–Trinajstić information content (AvgIpc) is 3.05. The summed E-state index contributed by atoms with van der Waals surface area (Å²) in [6.45, 7) is 4.63. The van der Waals surface area contributed by atoms with Crippen molar-refractivity contribution in [2.75, 3.05) is 48.0 Å². The van der Waals surface area contributed by atoms with Gasteiger partial charge in [-0.2, -0.15) is 5.26 Å². The quantitative estimate of drug-likeness (QED) is 0.176. The number of hydrogen-bond donors (Lipinski definition) is 4. The monoisotopic (exact) mass is 682 g/mol. The lowest BCUT2D eigenvalue weighted by Gasteiger charge is -2.32. The number of aromatic nitrogens is 3. The van der Waals surface area contributed by atoms with Crippen molar-refractivity contribution in [2.24, 2.45) is 5.41 Å². The molecule has 0 amide bonds. The Balaban J connectivity index is 1.07. The highest BCUT2D eigenvalue weighted by atomic mass is 35.5. The van der Waals surface area contributed by atoms with Crippen LogP contribution in [0.15, 0.2) is 48.7 Å². The molecule has 3 aromatic rings. The summed E-state index contributed by atoms with van der Waals surface area (Å²) in [7, 11) is -3.38. The molecule has 252 valence electrons. The molecule has 14 heteroatoms. The molecule has 3 aromatic heterocycles. The van der Waals surface area contributed by atoms with E-state index in [-0.39, 0.29) is 11.9 Å². The first kappa shape index (κ1) is 34.8. The fourth-order valence-electron chi connectivity index (χ4n) is 5.96. The number of hydrogen-bond acceptors (Lipinski definition) is 11. The second-order valence-electron chi connectivity index (χ2n) is 12.5. The number of nitriles is 1. The molecule has 2 fully saturated rings. The molecule has 1 saturated heterocycles. The van der Waals surface area contributed by atoms with Crippen LogP contribution >= 0.6 is 11.6 Å². The Bertz CT molecular complexity index is 1640. The Kier molecular flexibility index (Phi) is 11.9. The molecule has 47 heavy (non-hydrogen) atoms. The minimum absolute atomic E-state index is 0.155. The molecule has 0 aromatic carbocycles. The van der Waals surface area contributed by atoms with Gasteiger partial charge in [0.25, 0.3) is 0 Å². The van der Waals surface area contributed by atoms with E-state index in [1.807, 2.05) is 30.3 Å². The van der Waals surface area contributed by atoms with Crippen molar-refractivity contribution in [3.05, 3.63) is 59.4 Å². The van der Waals surface area contributed by atoms with Crippen molar-refractivity contribution < 1.29 is 17.9 Å². The molecule has 4 N–H and O–H groups in total. The van der Waals surface area contributed by atoms with E-state index in [1.165, 1.54) is 0 Å². The predicted octanol–water partition coefficient (Wildman–Crippen LogP) is 5.21. The van der Waals surface area contributed by atoms with Gasteiger partial charge in [0.15, 0.2) is 0 Å². The van der Waals surface area contributed by atoms with Gasteiger partial charge in [-0.05, 0) is 75.8 Å². The number of sulfonamides is 1. The minimum Gasteiger partial charge on any atom is -0.381 e. The summed E-state index contributed by atoms with van der Waals surface area (Å²) >= 11 is 6.58. The summed E-state index contributed by atoms with van der Waals surface area (Å²) in [5.41, 5.74) is 1.75. The summed E-state index contributed by atoms with van der Waals surface area (Å²) < 4.78 is 36.6. The highest BCUT2D eigenvalue weighted by molar-refractivity contribution is 7.92. The first-order valence-corrected chi connectivity index (χ1v) is 18.3. The molecule has 1 unspecified atom stereocenters. The number of ether oxygens (including phenoxy) is 2. The SMILES string of the molecule is CC(COCc1cccc(NS(C)(=O)=O)n1)NC1CCC(Nc2cc(-c3cccc(NCC4(C#N)CCOCC4)n3)c(Cl)cn2)CC1. The molecule has 0 spiro atoms. The third-order valence-electron chi connectivity index (χ3n) is 8.49. The van der Waals surface area contributed by atoms with E-state index < -0.39 is 15.4 Å². The zero-order chi connectivity index (χ0) is 33.3. The Morgan fingerprint density at radius 2 is 1.79 bits per heavy atom. The van der Waals surface area contributed by atoms with Crippen LogP contribution < -0.4 is 20.7 Å². The molecule has 0 bridgehead atoms. The third-order valence-corrected chi connectivity index (χ3v) is 9.37. The molecule has 1 aliphatic carbocycles. The lowest BCUT2D eigenvalue weighted by molar-refractivity contribution is 0.0455. The first-order valence-electron chi connectivity index (χ1n) is 16.0. The van der Waals surface area contributed by atoms with Crippen molar-refractivity contribution in [1.82, 2.24) is 20.3 Å². The van der Waals surface area contributed by atoms with Crippen LogP contribution in [0.5, 0.6) is 0 Å². The number of nitrogens with one attached hydrogen (secondary N) is 4. The number of halogens is 1. The van der Waals surface area contributed by atoms with Crippen LogP contribution in [-0.4, -0.2) is 74.1 Å². The van der Waals surface area contributed by atoms with Gasteiger partial charge in [0.2, 0.25) is 10.0 Å². The minimum atomic E-state index is -3.38. The van der Waals surface area contributed by atoms with Crippen molar-refractivity contribution in [3.63, 3.8) is 0 Å². The first-order chi connectivity index (χ1) is 22.6. The van der Waals surface area contributed by atoms with Crippen molar-refractivity contribution >= 4 is 39.1 Å². The fourth-order valence-corrected chi connectivity index (χ4v) is 6.65. The van der Waals surface area contributed by atoms with Gasteiger partial charge in [-0.1, -0.05) is 23.7 Å². The fraction of sp³-hybridized carbons (Fsp3) is 0.515. The Hall–Kier alpha value is -3.54. The molecular formula is C33H43ClN8O4S. The summed E-state index contributed by atoms with van der Waals surface area (Å²) in [5.74, 6) is 1.74. The second kappa shape index (κ2) is 16.0. The van der Waals surface area contributed by atoms with Gasteiger partial charge in [0, 0.05) is 49.6 Å². The molecule has 5 rings (SSSR count). The molecule has 4 heterocycles. The maximum atomic E-state index is 11.5. The van der Waals surface area contributed by atoms with E-state index in [9.17, 15) is 13.7 Å². The zero-order valence-corrected chi connectivity index (χ0v) is 28.4. The van der Waals surface area contributed by atoms with E-state index in [0.29, 0.717) is 74.4 Å². The zero-order valence-electron chi connectivity index (χ0n) is 26.8.